The molecule has 0 radical (unpaired) electrons. The highest BCUT2D eigenvalue weighted by Gasteiger charge is 1.97. The Morgan fingerprint density at radius 1 is 1.37 bits per heavy atom. The van der Waals surface area contributed by atoms with Crippen molar-refractivity contribution in [2.75, 3.05) is 6.54 Å². The van der Waals surface area contributed by atoms with Crippen molar-refractivity contribution in [2.45, 2.75) is 6.42 Å². The van der Waals surface area contributed by atoms with Gasteiger partial charge >= 0.3 is 0 Å². The normalized spacial score (nSPS) is 10.8. The van der Waals surface area contributed by atoms with Crippen LogP contribution in [0.1, 0.15) is 11.3 Å². The molecular weight excluding hydrogens is 262 g/mol. The van der Waals surface area contributed by atoms with Crippen molar-refractivity contribution in [1.29, 1.82) is 0 Å². The molecule has 19 heavy (non-hydrogen) atoms. The van der Waals surface area contributed by atoms with Gasteiger partial charge in [0.05, 0.1) is 6.33 Å². The quantitative estimate of drug-likeness (QED) is 0.824. The zero-order chi connectivity index (χ0) is 13.5. The van der Waals surface area contributed by atoms with Gasteiger partial charge in [0, 0.05) is 36.0 Å². The summed E-state index contributed by atoms with van der Waals surface area (Å²) >= 11 is 5.78. The number of halogens is 1. The van der Waals surface area contributed by atoms with Crippen LogP contribution in [-0.4, -0.2) is 22.4 Å². The van der Waals surface area contributed by atoms with E-state index >= 15 is 0 Å². The number of amides is 1. The molecule has 0 fully saturated rings. The Kier molecular flexibility index (Phi) is 4.75. The lowest BCUT2D eigenvalue weighted by Gasteiger charge is -2.00. The average Bonchev–Trinajstić information content (AvgIpc) is 2.91. The molecule has 1 aromatic carbocycles. The van der Waals surface area contributed by atoms with E-state index in [1.54, 1.807) is 30.7 Å². The van der Waals surface area contributed by atoms with Gasteiger partial charge in [-0.05, 0) is 23.8 Å². The highest BCUT2D eigenvalue weighted by atomic mass is 35.5. The van der Waals surface area contributed by atoms with Crippen LogP contribution in [0.4, 0.5) is 0 Å². The van der Waals surface area contributed by atoms with Crippen LogP contribution in [0.3, 0.4) is 0 Å². The molecule has 0 saturated carbocycles. The van der Waals surface area contributed by atoms with Gasteiger partial charge in [0.15, 0.2) is 0 Å². The van der Waals surface area contributed by atoms with Crippen LogP contribution in [0.2, 0.25) is 5.02 Å². The zero-order valence-electron chi connectivity index (χ0n) is 10.3. The van der Waals surface area contributed by atoms with Gasteiger partial charge in [-0.3, -0.25) is 4.79 Å². The Morgan fingerprint density at radius 3 is 2.84 bits per heavy atom. The summed E-state index contributed by atoms with van der Waals surface area (Å²) in [5, 5.41) is 3.48. The maximum Gasteiger partial charge on any atom is 0.244 e. The third kappa shape index (κ3) is 4.60. The molecule has 0 unspecified atom stereocenters. The van der Waals surface area contributed by atoms with Gasteiger partial charge in [-0.2, -0.15) is 0 Å². The lowest BCUT2D eigenvalue weighted by atomic mass is 10.2. The van der Waals surface area contributed by atoms with Gasteiger partial charge in [-0.15, -0.1) is 0 Å². The summed E-state index contributed by atoms with van der Waals surface area (Å²) in [6.45, 7) is 0.575. The number of carbonyl (C=O) groups is 1. The summed E-state index contributed by atoms with van der Waals surface area (Å²) in [4.78, 5) is 18.5. The second kappa shape index (κ2) is 6.75. The standard InChI is InChI=1S/C14H14ClN3O/c15-12-4-1-11(2-5-12)3-6-14(19)17-8-7-13-9-16-10-18-13/h1-6,9-10H,7-8H2,(H,16,18)(H,17,19). The first-order valence-corrected chi connectivity index (χ1v) is 6.30. The van der Waals surface area contributed by atoms with Crippen molar-refractivity contribution in [3.05, 3.63) is 59.1 Å². The van der Waals surface area contributed by atoms with E-state index in [9.17, 15) is 4.79 Å². The van der Waals surface area contributed by atoms with Crippen LogP contribution >= 0.6 is 11.6 Å². The van der Waals surface area contributed by atoms with Gasteiger partial charge < -0.3 is 10.3 Å². The van der Waals surface area contributed by atoms with Gasteiger partial charge in [0.1, 0.15) is 0 Å². The molecule has 98 valence electrons. The molecule has 0 bridgehead atoms. The van der Waals surface area contributed by atoms with Crippen LogP contribution in [-0.2, 0) is 11.2 Å². The van der Waals surface area contributed by atoms with E-state index in [0.29, 0.717) is 11.6 Å². The Morgan fingerprint density at radius 2 is 2.16 bits per heavy atom. The molecule has 4 nitrogen and oxygen atoms in total. The number of benzene rings is 1. The fraction of sp³-hybridized carbons (Fsp3) is 0.143. The minimum atomic E-state index is -0.116. The summed E-state index contributed by atoms with van der Waals surface area (Å²) in [5.74, 6) is -0.116. The molecule has 1 aromatic heterocycles. The van der Waals surface area contributed by atoms with Crippen molar-refractivity contribution >= 4 is 23.6 Å². The highest BCUT2D eigenvalue weighted by molar-refractivity contribution is 6.30. The molecular formula is C14H14ClN3O. The molecule has 0 atom stereocenters. The monoisotopic (exact) mass is 275 g/mol. The predicted octanol–water partition coefficient (Wildman–Crippen LogP) is 2.44. The summed E-state index contributed by atoms with van der Waals surface area (Å²) in [7, 11) is 0. The Balaban J connectivity index is 1.76. The van der Waals surface area contributed by atoms with E-state index in [1.165, 1.54) is 6.08 Å². The van der Waals surface area contributed by atoms with Gasteiger partial charge in [-0.1, -0.05) is 23.7 Å². The van der Waals surface area contributed by atoms with Crippen molar-refractivity contribution in [3.63, 3.8) is 0 Å². The number of aromatic nitrogens is 2. The van der Waals surface area contributed by atoms with Crippen LogP contribution in [0.5, 0.6) is 0 Å². The lowest BCUT2D eigenvalue weighted by Crippen LogP contribution is -2.23. The maximum absolute atomic E-state index is 11.6. The number of hydrogen-bond donors (Lipinski definition) is 2. The Bertz CT molecular complexity index is 547. The van der Waals surface area contributed by atoms with Gasteiger partial charge in [0.25, 0.3) is 0 Å². The molecule has 2 rings (SSSR count). The van der Waals surface area contributed by atoms with E-state index in [1.807, 2.05) is 12.1 Å². The van der Waals surface area contributed by atoms with Gasteiger partial charge in [0.2, 0.25) is 5.91 Å². The van der Waals surface area contributed by atoms with E-state index < -0.39 is 0 Å². The van der Waals surface area contributed by atoms with Crippen LogP contribution < -0.4 is 5.32 Å². The molecule has 0 spiro atoms. The molecule has 0 aliphatic carbocycles. The molecule has 2 aromatic rings. The number of aromatic amines is 1. The van der Waals surface area contributed by atoms with E-state index in [2.05, 4.69) is 15.3 Å². The first-order chi connectivity index (χ1) is 9.24. The Labute approximate surface area is 116 Å². The first kappa shape index (κ1) is 13.4. The zero-order valence-corrected chi connectivity index (χ0v) is 11.0. The minimum Gasteiger partial charge on any atom is -0.352 e. The summed E-state index contributed by atoms with van der Waals surface area (Å²) < 4.78 is 0. The van der Waals surface area contributed by atoms with Crippen molar-refractivity contribution in [1.82, 2.24) is 15.3 Å². The van der Waals surface area contributed by atoms with E-state index in [4.69, 9.17) is 11.6 Å². The maximum atomic E-state index is 11.6. The SMILES string of the molecule is O=C(C=Cc1ccc(Cl)cc1)NCCc1cnc[nH]1. The lowest BCUT2D eigenvalue weighted by molar-refractivity contribution is -0.116. The molecule has 1 amide bonds. The van der Waals surface area contributed by atoms with Crippen molar-refractivity contribution in [2.24, 2.45) is 0 Å². The molecule has 0 aliphatic heterocycles. The fourth-order valence-corrected chi connectivity index (χ4v) is 1.67. The smallest absolute Gasteiger partial charge is 0.244 e. The van der Waals surface area contributed by atoms with Gasteiger partial charge in [-0.25, -0.2) is 4.98 Å². The highest BCUT2D eigenvalue weighted by Crippen LogP contribution is 2.10. The van der Waals surface area contributed by atoms with Crippen molar-refractivity contribution < 1.29 is 4.79 Å². The number of rotatable bonds is 5. The topological polar surface area (TPSA) is 57.8 Å². The number of imidazole rings is 1. The third-order valence-electron chi connectivity index (χ3n) is 2.55. The second-order valence-electron chi connectivity index (χ2n) is 4.00. The number of nitrogens with zero attached hydrogens (tertiary/aromatic N) is 1. The molecule has 0 saturated heterocycles. The second-order valence-corrected chi connectivity index (χ2v) is 4.44. The number of carbonyl (C=O) groups excluding carboxylic acids is 1. The first-order valence-electron chi connectivity index (χ1n) is 5.93. The van der Waals surface area contributed by atoms with Crippen molar-refractivity contribution in [3.8, 4) is 0 Å². The van der Waals surface area contributed by atoms with E-state index in [0.717, 1.165) is 17.7 Å². The molecule has 2 N–H and O–H groups in total. The Hall–Kier alpha value is -2.07. The van der Waals surface area contributed by atoms with Crippen LogP contribution in [0, 0.1) is 0 Å². The van der Waals surface area contributed by atoms with E-state index in [-0.39, 0.29) is 5.91 Å². The van der Waals surface area contributed by atoms with Crippen LogP contribution in [0.25, 0.3) is 6.08 Å². The average molecular weight is 276 g/mol. The van der Waals surface area contributed by atoms with Crippen LogP contribution in [0.15, 0.2) is 42.9 Å². The molecule has 1 heterocycles. The molecule has 0 aliphatic rings. The fourth-order valence-electron chi connectivity index (χ4n) is 1.55. The predicted molar refractivity (Wildman–Crippen MR) is 75.8 cm³/mol. The number of H-pyrrole nitrogens is 1. The largest absolute Gasteiger partial charge is 0.352 e. The number of hydrogen-bond acceptors (Lipinski definition) is 2. The minimum absolute atomic E-state index is 0.116. The number of nitrogens with one attached hydrogen (secondary N) is 2. The summed E-state index contributed by atoms with van der Waals surface area (Å²) in [6, 6.07) is 7.29. The summed E-state index contributed by atoms with van der Waals surface area (Å²) in [6.07, 6.45) is 7.37. The third-order valence-corrected chi connectivity index (χ3v) is 2.80. The molecule has 5 heteroatoms. The summed E-state index contributed by atoms with van der Waals surface area (Å²) in [5.41, 5.74) is 1.94.